The van der Waals surface area contributed by atoms with Crippen LogP contribution in [0.15, 0.2) is 39.7 Å². The zero-order valence-corrected chi connectivity index (χ0v) is 14.5. The van der Waals surface area contributed by atoms with Gasteiger partial charge in [-0.3, -0.25) is 4.72 Å². The number of hydrogen-bond acceptors (Lipinski definition) is 3. The summed E-state index contributed by atoms with van der Waals surface area (Å²) in [6.45, 7) is 5.34. The van der Waals surface area contributed by atoms with Crippen LogP contribution in [0, 0.1) is 20.8 Å². The predicted octanol–water partition coefficient (Wildman–Crippen LogP) is 3.76. The zero-order valence-electron chi connectivity index (χ0n) is 12.1. The van der Waals surface area contributed by atoms with Crippen molar-refractivity contribution in [1.82, 2.24) is 0 Å². The molecule has 0 aliphatic heterocycles. The fourth-order valence-corrected chi connectivity index (χ4v) is 4.27. The van der Waals surface area contributed by atoms with E-state index in [1.807, 2.05) is 13.0 Å². The maximum atomic E-state index is 12.7. The highest BCUT2D eigenvalue weighted by atomic mass is 79.9. The van der Waals surface area contributed by atoms with Crippen LogP contribution in [-0.4, -0.2) is 8.42 Å². The molecule has 0 aliphatic carbocycles. The third-order valence-electron chi connectivity index (χ3n) is 3.26. The lowest BCUT2D eigenvalue weighted by Crippen LogP contribution is -2.16. The van der Waals surface area contributed by atoms with Gasteiger partial charge in [-0.2, -0.15) is 0 Å². The van der Waals surface area contributed by atoms with Gasteiger partial charge in [-0.15, -0.1) is 0 Å². The maximum absolute atomic E-state index is 12.7. The van der Waals surface area contributed by atoms with Crippen LogP contribution in [0.1, 0.15) is 16.7 Å². The van der Waals surface area contributed by atoms with Gasteiger partial charge in [0.25, 0.3) is 10.0 Å². The summed E-state index contributed by atoms with van der Waals surface area (Å²) in [6.07, 6.45) is 0. The van der Waals surface area contributed by atoms with Crippen molar-refractivity contribution in [1.29, 1.82) is 0 Å². The molecule has 0 heterocycles. The van der Waals surface area contributed by atoms with Gasteiger partial charge in [0.05, 0.1) is 10.6 Å². The van der Waals surface area contributed by atoms with Crippen LogP contribution in [-0.2, 0) is 10.0 Å². The van der Waals surface area contributed by atoms with Gasteiger partial charge in [0.15, 0.2) is 0 Å². The Labute approximate surface area is 133 Å². The number of hydrogen-bond donors (Lipinski definition) is 2. The van der Waals surface area contributed by atoms with E-state index in [1.165, 1.54) is 0 Å². The first-order valence-corrected chi connectivity index (χ1v) is 8.64. The molecule has 4 nitrogen and oxygen atoms in total. The van der Waals surface area contributed by atoms with E-state index in [1.54, 1.807) is 38.1 Å². The number of sulfonamides is 1. The molecule has 3 N–H and O–H groups in total. The summed E-state index contributed by atoms with van der Waals surface area (Å²) in [7, 11) is -3.66. The summed E-state index contributed by atoms with van der Waals surface area (Å²) < 4.78 is 28.8. The Morgan fingerprint density at radius 3 is 2.24 bits per heavy atom. The molecule has 112 valence electrons. The van der Waals surface area contributed by atoms with Crippen LogP contribution < -0.4 is 10.5 Å². The second-order valence-corrected chi connectivity index (χ2v) is 7.48. The minimum atomic E-state index is -3.66. The van der Waals surface area contributed by atoms with E-state index < -0.39 is 10.0 Å². The van der Waals surface area contributed by atoms with Crippen molar-refractivity contribution in [2.24, 2.45) is 0 Å². The molecule has 21 heavy (non-hydrogen) atoms. The second kappa shape index (κ2) is 5.69. The van der Waals surface area contributed by atoms with Crippen molar-refractivity contribution in [3.05, 3.63) is 51.5 Å². The summed E-state index contributed by atoms with van der Waals surface area (Å²) in [5, 5.41) is 0. The van der Waals surface area contributed by atoms with Crippen LogP contribution in [0.3, 0.4) is 0 Å². The molecular weight excluding hydrogens is 352 g/mol. The lowest BCUT2D eigenvalue weighted by atomic mass is 10.1. The average Bonchev–Trinajstić information content (AvgIpc) is 2.33. The van der Waals surface area contributed by atoms with Crippen LogP contribution >= 0.6 is 15.9 Å². The fourth-order valence-electron chi connectivity index (χ4n) is 2.32. The molecule has 0 aliphatic rings. The molecule has 2 aromatic carbocycles. The molecule has 0 spiro atoms. The van der Waals surface area contributed by atoms with E-state index in [0.29, 0.717) is 22.5 Å². The summed E-state index contributed by atoms with van der Waals surface area (Å²) >= 11 is 3.40. The van der Waals surface area contributed by atoms with Gasteiger partial charge in [-0.1, -0.05) is 22.0 Å². The largest absolute Gasteiger partial charge is 0.399 e. The van der Waals surface area contributed by atoms with Crippen molar-refractivity contribution in [2.75, 3.05) is 10.5 Å². The Hall–Kier alpha value is -1.53. The van der Waals surface area contributed by atoms with E-state index in [2.05, 4.69) is 20.7 Å². The molecule has 0 amide bonds. The van der Waals surface area contributed by atoms with Crippen molar-refractivity contribution >= 4 is 37.3 Å². The van der Waals surface area contributed by atoms with Crippen LogP contribution in [0.25, 0.3) is 0 Å². The highest BCUT2D eigenvalue weighted by molar-refractivity contribution is 9.10. The maximum Gasteiger partial charge on any atom is 0.262 e. The third-order valence-corrected chi connectivity index (χ3v) is 5.79. The summed E-state index contributed by atoms with van der Waals surface area (Å²) in [5.41, 5.74) is 8.96. The molecule has 0 bridgehead atoms. The van der Waals surface area contributed by atoms with Crippen molar-refractivity contribution in [3.8, 4) is 0 Å². The summed E-state index contributed by atoms with van der Waals surface area (Å²) in [4.78, 5) is 0.274. The van der Waals surface area contributed by atoms with Crippen LogP contribution in [0.5, 0.6) is 0 Å². The number of benzene rings is 2. The summed E-state index contributed by atoms with van der Waals surface area (Å²) in [5.74, 6) is 0. The Morgan fingerprint density at radius 1 is 1.10 bits per heavy atom. The van der Waals surface area contributed by atoms with Gasteiger partial charge in [-0.05, 0) is 61.7 Å². The molecule has 2 rings (SSSR count). The molecule has 6 heteroatoms. The number of nitrogens with two attached hydrogens (primary N) is 1. The lowest BCUT2D eigenvalue weighted by Gasteiger charge is -2.15. The van der Waals surface area contributed by atoms with Crippen molar-refractivity contribution < 1.29 is 8.42 Å². The minimum absolute atomic E-state index is 0.274. The molecular formula is C15H17BrN2O2S. The Kier molecular flexibility index (Phi) is 4.30. The molecule has 0 unspecified atom stereocenters. The van der Waals surface area contributed by atoms with Crippen LogP contribution in [0.2, 0.25) is 0 Å². The predicted molar refractivity (Wildman–Crippen MR) is 90.0 cm³/mol. The molecule has 0 aromatic heterocycles. The topological polar surface area (TPSA) is 72.2 Å². The Balaban J connectivity index is 2.51. The molecule has 0 saturated carbocycles. The molecule has 0 atom stereocenters. The normalized spacial score (nSPS) is 11.4. The average molecular weight is 369 g/mol. The minimum Gasteiger partial charge on any atom is -0.399 e. The highest BCUT2D eigenvalue weighted by Crippen LogP contribution is 2.28. The molecule has 0 saturated heterocycles. The molecule has 2 aromatic rings. The number of nitrogens with one attached hydrogen (secondary N) is 1. The van der Waals surface area contributed by atoms with Gasteiger partial charge in [0.1, 0.15) is 0 Å². The Bertz CT molecular complexity index is 778. The number of anilines is 2. The van der Waals surface area contributed by atoms with Crippen LogP contribution in [0.4, 0.5) is 11.4 Å². The first-order chi connectivity index (χ1) is 9.72. The number of rotatable bonds is 3. The Morgan fingerprint density at radius 2 is 1.67 bits per heavy atom. The van der Waals surface area contributed by atoms with Gasteiger partial charge in [0.2, 0.25) is 0 Å². The standard InChI is InChI=1S/C15H17BrN2O2S/c1-9-7-12(17)8-10(2)15(9)21(19,20)18-14-6-4-5-13(16)11(14)3/h4-8,18H,17H2,1-3H3. The van der Waals surface area contributed by atoms with E-state index in [-0.39, 0.29) is 4.90 Å². The van der Waals surface area contributed by atoms with E-state index >= 15 is 0 Å². The smallest absolute Gasteiger partial charge is 0.262 e. The summed E-state index contributed by atoms with van der Waals surface area (Å²) in [6, 6.07) is 8.72. The highest BCUT2D eigenvalue weighted by Gasteiger charge is 2.21. The first-order valence-electron chi connectivity index (χ1n) is 6.37. The second-order valence-electron chi connectivity index (χ2n) is 5.00. The van der Waals surface area contributed by atoms with Gasteiger partial charge < -0.3 is 5.73 Å². The number of nitrogen functional groups attached to an aromatic ring is 1. The zero-order chi connectivity index (χ0) is 15.8. The van der Waals surface area contributed by atoms with E-state index in [4.69, 9.17) is 5.73 Å². The molecule has 0 fully saturated rings. The van der Waals surface area contributed by atoms with Gasteiger partial charge >= 0.3 is 0 Å². The number of aryl methyl sites for hydroxylation is 2. The monoisotopic (exact) mass is 368 g/mol. The van der Waals surface area contributed by atoms with Gasteiger partial charge in [-0.25, -0.2) is 8.42 Å². The molecule has 0 radical (unpaired) electrons. The third kappa shape index (κ3) is 3.22. The SMILES string of the molecule is Cc1cc(N)cc(C)c1S(=O)(=O)Nc1cccc(Br)c1C. The van der Waals surface area contributed by atoms with Crippen molar-refractivity contribution in [3.63, 3.8) is 0 Å². The first kappa shape index (κ1) is 15.9. The van der Waals surface area contributed by atoms with Gasteiger partial charge in [0, 0.05) is 10.2 Å². The van der Waals surface area contributed by atoms with E-state index in [9.17, 15) is 8.42 Å². The number of halogens is 1. The van der Waals surface area contributed by atoms with E-state index in [0.717, 1.165) is 10.0 Å². The van der Waals surface area contributed by atoms with Crippen molar-refractivity contribution in [2.45, 2.75) is 25.7 Å². The lowest BCUT2D eigenvalue weighted by molar-refractivity contribution is 0.600. The quantitative estimate of drug-likeness (QED) is 0.810. The fraction of sp³-hybridized carbons (Fsp3) is 0.200.